The molecular formula is C14H13N3O3S. The van der Waals surface area contributed by atoms with Crippen molar-refractivity contribution in [2.24, 2.45) is 5.16 Å². The van der Waals surface area contributed by atoms with Gasteiger partial charge in [0.05, 0.1) is 12.8 Å². The highest BCUT2D eigenvalue weighted by Gasteiger charge is 2.29. The van der Waals surface area contributed by atoms with Gasteiger partial charge in [0.2, 0.25) is 6.10 Å². The number of anilines is 1. The number of hydrogen-bond donors (Lipinski definition) is 1. The van der Waals surface area contributed by atoms with Crippen molar-refractivity contribution in [3.05, 3.63) is 41.4 Å². The fourth-order valence-corrected chi connectivity index (χ4v) is 2.47. The molecule has 1 amide bonds. The van der Waals surface area contributed by atoms with Gasteiger partial charge in [-0.3, -0.25) is 10.1 Å². The second-order valence-electron chi connectivity index (χ2n) is 4.39. The number of nitrogens with one attached hydrogen (secondary N) is 1. The van der Waals surface area contributed by atoms with E-state index in [0.29, 0.717) is 11.6 Å². The Morgan fingerprint density at radius 3 is 2.90 bits per heavy atom. The van der Waals surface area contributed by atoms with E-state index in [9.17, 15) is 4.79 Å². The molecule has 1 aromatic carbocycles. The molecule has 0 saturated carbocycles. The number of methoxy groups -OCH3 is 1. The topological polar surface area (TPSA) is 72.8 Å². The van der Waals surface area contributed by atoms with Gasteiger partial charge in [0, 0.05) is 18.0 Å². The lowest BCUT2D eigenvalue weighted by Crippen LogP contribution is -2.27. The van der Waals surface area contributed by atoms with E-state index in [1.54, 1.807) is 18.7 Å². The molecule has 108 valence electrons. The van der Waals surface area contributed by atoms with E-state index < -0.39 is 6.10 Å². The summed E-state index contributed by atoms with van der Waals surface area (Å²) in [6.07, 6.45) is 1.45. The Kier molecular flexibility index (Phi) is 3.83. The second-order valence-corrected chi connectivity index (χ2v) is 5.29. The number of aromatic nitrogens is 1. The van der Waals surface area contributed by atoms with Gasteiger partial charge >= 0.3 is 0 Å². The summed E-state index contributed by atoms with van der Waals surface area (Å²) in [5.74, 6) is 0.536. The predicted molar refractivity (Wildman–Crippen MR) is 79.8 cm³/mol. The highest BCUT2D eigenvalue weighted by atomic mass is 32.1. The Hall–Kier alpha value is -2.41. The number of carbonyl (C=O) groups is 1. The fraction of sp³-hybridized carbons (Fsp3) is 0.214. The van der Waals surface area contributed by atoms with Crippen molar-refractivity contribution in [1.29, 1.82) is 0 Å². The largest absolute Gasteiger partial charge is 0.497 e. The first-order valence-electron chi connectivity index (χ1n) is 6.34. The number of ether oxygens (including phenoxy) is 1. The molecule has 0 radical (unpaired) electrons. The molecule has 0 aliphatic carbocycles. The highest BCUT2D eigenvalue weighted by Crippen LogP contribution is 2.20. The van der Waals surface area contributed by atoms with Gasteiger partial charge in [-0.25, -0.2) is 4.98 Å². The first-order chi connectivity index (χ1) is 10.3. The number of amides is 1. The smallest absolute Gasteiger partial charge is 0.270 e. The minimum Gasteiger partial charge on any atom is -0.497 e. The molecule has 0 spiro atoms. The molecule has 2 heterocycles. The van der Waals surface area contributed by atoms with Crippen molar-refractivity contribution in [1.82, 2.24) is 4.98 Å². The molecule has 3 rings (SSSR count). The molecule has 21 heavy (non-hydrogen) atoms. The first-order valence-corrected chi connectivity index (χ1v) is 7.21. The number of carbonyl (C=O) groups excluding carboxylic acids is 1. The van der Waals surface area contributed by atoms with Crippen molar-refractivity contribution in [3.8, 4) is 5.75 Å². The third kappa shape index (κ3) is 3.03. The summed E-state index contributed by atoms with van der Waals surface area (Å²) in [6, 6.07) is 7.48. The number of hydrogen-bond acceptors (Lipinski definition) is 6. The van der Waals surface area contributed by atoms with Crippen molar-refractivity contribution in [3.63, 3.8) is 0 Å². The molecule has 7 heteroatoms. The fourth-order valence-electron chi connectivity index (χ4n) is 1.94. The Morgan fingerprint density at radius 1 is 1.43 bits per heavy atom. The maximum Gasteiger partial charge on any atom is 0.270 e. The minimum atomic E-state index is -0.619. The molecular weight excluding hydrogens is 290 g/mol. The number of nitrogens with zero attached hydrogens (tertiary/aromatic N) is 2. The van der Waals surface area contributed by atoms with E-state index in [2.05, 4.69) is 15.5 Å². The maximum atomic E-state index is 12.0. The molecule has 6 nitrogen and oxygen atoms in total. The molecule has 1 aliphatic heterocycles. The zero-order valence-electron chi connectivity index (χ0n) is 11.3. The van der Waals surface area contributed by atoms with Gasteiger partial charge in [-0.2, -0.15) is 0 Å². The van der Waals surface area contributed by atoms with Crippen LogP contribution in [0.15, 0.2) is 41.0 Å². The molecule has 1 aromatic heterocycles. The van der Waals surface area contributed by atoms with Crippen LogP contribution in [0.25, 0.3) is 0 Å². The summed E-state index contributed by atoms with van der Waals surface area (Å²) in [5, 5.41) is 9.05. The van der Waals surface area contributed by atoms with Gasteiger partial charge in [-0.05, 0) is 29.8 Å². The predicted octanol–water partition coefficient (Wildman–Crippen LogP) is 2.28. The molecule has 2 aromatic rings. The van der Waals surface area contributed by atoms with Gasteiger partial charge in [0.1, 0.15) is 5.75 Å². The van der Waals surface area contributed by atoms with E-state index in [0.717, 1.165) is 17.0 Å². The van der Waals surface area contributed by atoms with Crippen LogP contribution in [0.2, 0.25) is 0 Å². The lowest BCUT2D eigenvalue weighted by molar-refractivity contribution is -0.125. The van der Waals surface area contributed by atoms with Crippen LogP contribution in [0.3, 0.4) is 0 Å². The van der Waals surface area contributed by atoms with Crippen molar-refractivity contribution >= 4 is 28.1 Å². The molecule has 1 N–H and O–H groups in total. The third-order valence-corrected chi connectivity index (χ3v) is 3.74. The lowest BCUT2D eigenvalue weighted by Gasteiger charge is -2.07. The number of oxime groups is 1. The van der Waals surface area contributed by atoms with E-state index in [4.69, 9.17) is 9.57 Å². The third-order valence-electron chi connectivity index (χ3n) is 3.05. The summed E-state index contributed by atoms with van der Waals surface area (Å²) in [4.78, 5) is 21.2. The average molecular weight is 303 g/mol. The van der Waals surface area contributed by atoms with Gasteiger partial charge in [0.15, 0.2) is 5.13 Å². The van der Waals surface area contributed by atoms with Crippen molar-refractivity contribution in [2.45, 2.75) is 12.5 Å². The zero-order valence-corrected chi connectivity index (χ0v) is 12.1. The molecule has 0 saturated heterocycles. The Labute approximate surface area is 125 Å². The van der Waals surface area contributed by atoms with Crippen molar-refractivity contribution in [2.75, 3.05) is 12.4 Å². The Bertz CT molecular complexity index is 653. The Balaban J connectivity index is 1.62. The molecule has 0 fully saturated rings. The summed E-state index contributed by atoms with van der Waals surface area (Å²) < 4.78 is 5.11. The normalized spacial score (nSPS) is 17.0. The van der Waals surface area contributed by atoms with Crippen LogP contribution < -0.4 is 10.1 Å². The maximum absolute atomic E-state index is 12.0. The summed E-state index contributed by atoms with van der Waals surface area (Å²) in [7, 11) is 1.62. The zero-order chi connectivity index (χ0) is 14.7. The van der Waals surface area contributed by atoms with E-state index in [1.165, 1.54) is 11.3 Å². The van der Waals surface area contributed by atoms with Crippen LogP contribution >= 0.6 is 11.3 Å². The van der Waals surface area contributed by atoms with Crippen molar-refractivity contribution < 1.29 is 14.4 Å². The standard InChI is InChI=1S/C14H13N3O3S/c1-19-10-4-2-9(3-5-10)11-8-12(20-17-11)13(18)16-14-15-6-7-21-14/h2-7,12H,8H2,1H3,(H,15,16,18). The summed E-state index contributed by atoms with van der Waals surface area (Å²) >= 11 is 1.36. The van der Waals surface area contributed by atoms with Crippen LogP contribution in [0.4, 0.5) is 5.13 Å². The van der Waals surface area contributed by atoms with E-state index in [1.807, 2.05) is 24.3 Å². The SMILES string of the molecule is COc1ccc(C2=NOC(C(=O)Nc3nccs3)C2)cc1. The van der Waals surface area contributed by atoms with Crippen LogP contribution in [-0.4, -0.2) is 29.8 Å². The number of thiazole rings is 1. The van der Waals surface area contributed by atoms with Crippen LogP contribution in [0.1, 0.15) is 12.0 Å². The number of rotatable bonds is 4. The van der Waals surface area contributed by atoms with Crippen LogP contribution in [0.5, 0.6) is 5.75 Å². The second kappa shape index (κ2) is 5.92. The number of benzene rings is 1. The highest BCUT2D eigenvalue weighted by molar-refractivity contribution is 7.13. The summed E-state index contributed by atoms with van der Waals surface area (Å²) in [6.45, 7) is 0. The molecule has 1 unspecified atom stereocenters. The van der Waals surface area contributed by atoms with Gasteiger partial charge < -0.3 is 9.57 Å². The average Bonchev–Trinajstić information content (AvgIpc) is 3.18. The van der Waals surface area contributed by atoms with Gasteiger partial charge in [-0.1, -0.05) is 5.16 Å². The quantitative estimate of drug-likeness (QED) is 0.940. The van der Waals surface area contributed by atoms with Crippen LogP contribution in [0, 0.1) is 0 Å². The van der Waals surface area contributed by atoms with Gasteiger partial charge in [-0.15, -0.1) is 11.3 Å². The van der Waals surface area contributed by atoms with Gasteiger partial charge in [0.25, 0.3) is 5.91 Å². The molecule has 1 aliphatic rings. The summed E-state index contributed by atoms with van der Waals surface area (Å²) in [5.41, 5.74) is 1.66. The van der Waals surface area contributed by atoms with E-state index >= 15 is 0 Å². The first kappa shape index (κ1) is 13.6. The molecule has 0 bridgehead atoms. The van der Waals surface area contributed by atoms with Crippen LogP contribution in [-0.2, 0) is 9.63 Å². The lowest BCUT2D eigenvalue weighted by atomic mass is 10.0. The van der Waals surface area contributed by atoms with E-state index in [-0.39, 0.29) is 5.91 Å². The molecule has 1 atom stereocenters. The minimum absolute atomic E-state index is 0.239. The monoisotopic (exact) mass is 303 g/mol. The Morgan fingerprint density at radius 2 is 2.24 bits per heavy atom.